The fourth-order valence-corrected chi connectivity index (χ4v) is 3.41. The number of carbonyl (C=O) groups is 2. The number of halogens is 1. The summed E-state index contributed by atoms with van der Waals surface area (Å²) in [5, 5.41) is -0.305. The maximum absolute atomic E-state index is 13.0. The van der Waals surface area contributed by atoms with E-state index in [9.17, 15) is 14.0 Å². The predicted octanol–water partition coefficient (Wildman–Crippen LogP) is 4.02. The van der Waals surface area contributed by atoms with Gasteiger partial charge in [-0.05, 0) is 61.0 Å². The minimum atomic E-state index is -0.345. The van der Waals surface area contributed by atoms with Gasteiger partial charge < -0.3 is 4.57 Å². The third-order valence-electron chi connectivity index (χ3n) is 4.23. The summed E-state index contributed by atoms with van der Waals surface area (Å²) in [4.78, 5) is 26.3. The number of rotatable bonds is 3. The predicted molar refractivity (Wildman–Crippen MR) is 92.8 cm³/mol. The monoisotopic (exact) mass is 344 g/mol. The van der Waals surface area contributed by atoms with Gasteiger partial charge in [0.25, 0.3) is 11.1 Å². The van der Waals surface area contributed by atoms with Gasteiger partial charge in [-0.3, -0.25) is 14.5 Å². The van der Waals surface area contributed by atoms with Gasteiger partial charge in [0.1, 0.15) is 5.82 Å². The van der Waals surface area contributed by atoms with Crippen molar-refractivity contribution in [3.8, 4) is 0 Å². The molecule has 1 aromatic heterocycles. The van der Waals surface area contributed by atoms with Gasteiger partial charge in [-0.25, -0.2) is 4.39 Å². The van der Waals surface area contributed by atoms with E-state index in [1.807, 2.05) is 31.5 Å². The van der Waals surface area contributed by atoms with Gasteiger partial charge in [0.15, 0.2) is 0 Å². The van der Waals surface area contributed by atoms with Crippen LogP contribution < -0.4 is 0 Å². The van der Waals surface area contributed by atoms with E-state index in [1.54, 1.807) is 18.2 Å². The molecule has 2 aromatic rings. The Balaban J connectivity index is 1.84. The van der Waals surface area contributed by atoms with Gasteiger partial charge in [0, 0.05) is 18.4 Å². The van der Waals surface area contributed by atoms with Crippen molar-refractivity contribution < 1.29 is 14.0 Å². The number of carbonyl (C=O) groups excluding carboxylic acids is 2. The molecule has 0 spiro atoms. The first kappa shape index (κ1) is 16.5. The lowest BCUT2D eigenvalue weighted by molar-refractivity contribution is -0.123. The summed E-state index contributed by atoms with van der Waals surface area (Å²) in [6.07, 6.45) is 1.76. The van der Waals surface area contributed by atoms with Crippen LogP contribution in [0, 0.1) is 19.7 Å². The first-order valence-electron chi connectivity index (χ1n) is 7.49. The molecule has 2 heterocycles. The standard InChI is InChI=1S/C18H17FN2O2S/c1-11-8-14(12(2)20(11)3)9-16-17(22)21(18(23)24-16)10-13-4-6-15(19)7-5-13/h4-9H,10H2,1-3H3/b16-9-. The molecular formula is C18H17FN2O2S. The second-order valence-corrected chi connectivity index (χ2v) is 6.77. The molecule has 0 atom stereocenters. The maximum atomic E-state index is 13.0. The highest BCUT2D eigenvalue weighted by Crippen LogP contribution is 2.34. The molecule has 0 radical (unpaired) electrons. The Morgan fingerprint density at radius 1 is 1.17 bits per heavy atom. The number of thioether (sulfide) groups is 1. The van der Waals surface area contributed by atoms with E-state index in [0.29, 0.717) is 10.5 Å². The largest absolute Gasteiger partial charge is 0.352 e. The number of benzene rings is 1. The van der Waals surface area contributed by atoms with Crippen molar-refractivity contribution >= 4 is 29.0 Å². The van der Waals surface area contributed by atoms with Gasteiger partial charge in [0.2, 0.25) is 0 Å². The lowest BCUT2D eigenvalue weighted by Crippen LogP contribution is -2.27. The smallest absolute Gasteiger partial charge is 0.293 e. The number of hydrogen-bond acceptors (Lipinski definition) is 3. The highest BCUT2D eigenvalue weighted by molar-refractivity contribution is 8.18. The topological polar surface area (TPSA) is 42.3 Å². The zero-order valence-corrected chi connectivity index (χ0v) is 14.5. The van der Waals surface area contributed by atoms with Crippen molar-refractivity contribution in [1.29, 1.82) is 0 Å². The quantitative estimate of drug-likeness (QED) is 0.790. The SMILES string of the molecule is Cc1cc(/C=C2\SC(=O)N(Cc3ccc(F)cc3)C2=O)c(C)n1C. The molecule has 0 unspecified atom stereocenters. The van der Waals surface area contributed by atoms with Crippen molar-refractivity contribution in [1.82, 2.24) is 9.47 Å². The number of aromatic nitrogens is 1. The van der Waals surface area contributed by atoms with Crippen LogP contribution in [0.2, 0.25) is 0 Å². The molecule has 24 heavy (non-hydrogen) atoms. The number of aryl methyl sites for hydroxylation is 1. The maximum Gasteiger partial charge on any atom is 0.293 e. The average Bonchev–Trinajstić information content (AvgIpc) is 2.95. The van der Waals surface area contributed by atoms with Crippen molar-refractivity contribution in [3.05, 3.63) is 63.6 Å². The third-order valence-corrected chi connectivity index (χ3v) is 5.14. The molecule has 1 aliphatic heterocycles. The second kappa shape index (κ2) is 6.28. The average molecular weight is 344 g/mol. The minimum Gasteiger partial charge on any atom is -0.352 e. The molecule has 0 aliphatic carbocycles. The van der Waals surface area contributed by atoms with Crippen LogP contribution in [0.5, 0.6) is 0 Å². The van der Waals surface area contributed by atoms with E-state index in [0.717, 1.165) is 28.7 Å². The molecule has 1 aromatic carbocycles. The highest BCUT2D eigenvalue weighted by Gasteiger charge is 2.35. The fraction of sp³-hybridized carbons (Fsp3) is 0.222. The number of nitrogens with zero attached hydrogens (tertiary/aromatic N) is 2. The van der Waals surface area contributed by atoms with E-state index >= 15 is 0 Å². The van der Waals surface area contributed by atoms with Crippen LogP contribution in [-0.4, -0.2) is 20.6 Å². The van der Waals surface area contributed by atoms with Crippen LogP contribution in [0.3, 0.4) is 0 Å². The van der Waals surface area contributed by atoms with Crippen LogP contribution in [-0.2, 0) is 18.4 Å². The normalized spacial score (nSPS) is 16.5. The first-order valence-corrected chi connectivity index (χ1v) is 8.31. The van der Waals surface area contributed by atoms with Crippen LogP contribution >= 0.6 is 11.8 Å². The van der Waals surface area contributed by atoms with Gasteiger partial charge >= 0.3 is 0 Å². The molecular weight excluding hydrogens is 327 g/mol. The van der Waals surface area contributed by atoms with E-state index < -0.39 is 0 Å². The molecule has 4 nitrogen and oxygen atoms in total. The van der Waals surface area contributed by atoms with Crippen LogP contribution in [0.4, 0.5) is 9.18 Å². The summed E-state index contributed by atoms with van der Waals surface area (Å²) in [6, 6.07) is 7.78. The lowest BCUT2D eigenvalue weighted by atomic mass is 10.2. The van der Waals surface area contributed by atoms with E-state index in [4.69, 9.17) is 0 Å². The molecule has 2 amide bonds. The lowest BCUT2D eigenvalue weighted by Gasteiger charge is -2.12. The highest BCUT2D eigenvalue weighted by atomic mass is 32.2. The number of imide groups is 1. The Labute approximate surface area is 144 Å². The first-order chi connectivity index (χ1) is 11.4. The van der Waals surface area contributed by atoms with E-state index in [-0.39, 0.29) is 23.5 Å². The molecule has 0 N–H and O–H groups in total. The van der Waals surface area contributed by atoms with Gasteiger partial charge in [-0.15, -0.1) is 0 Å². The molecule has 1 saturated heterocycles. The molecule has 1 aliphatic rings. The Kier molecular flexibility index (Phi) is 4.32. The van der Waals surface area contributed by atoms with Gasteiger partial charge in [0.05, 0.1) is 11.4 Å². The molecule has 0 saturated carbocycles. The van der Waals surface area contributed by atoms with Crippen molar-refractivity contribution in [3.63, 3.8) is 0 Å². The molecule has 1 fully saturated rings. The van der Waals surface area contributed by atoms with Crippen LogP contribution in [0.1, 0.15) is 22.5 Å². The Morgan fingerprint density at radius 3 is 2.42 bits per heavy atom. The van der Waals surface area contributed by atoms with Gasteiger partial charge in [-0.1, -0.05) is 12.1 Å². The summed E-state index contributed by atoms with van der Waals surface area (Å²) in [6.45, 7) is 4.11. The molecule has 6 heteroatoms. The summed E-state index contributed by atoms with van der Waals surface area (Å²) in [7, 11) is 1.96. The summed E-state index contributed by atoms with van der Waals surface area (Å²) < 4.78 is 15.0. The van der Waals surface area contributed by atoms with Crippen LogP contribution in [0.25, 0.3) is 6.08 Å². The number of hydrogen-bond donors (Lipinski definition) is 0. The van der Waals surface area contributed by atoms with Crippen LogP contribution in [0.15, 0.2) is 35.2 Å². The summed E-state index contributed by atoms with van der Waals surface area (Å²) in [5.41, 5.74) is 3.77. The molecule has 3 rings (SSSR count). The minimum absolute atomic E-state index is 0.148. The summed E-state index contributed by atoms with van der Waals surface area (Å²) >= 11 is 0.938. The molecule has 0 bridgehead atoms. The molecule has 124 valence electrons. The number of amides is 2. The second-order valence-electron chi connectivity index (χ2n) is 5.78. The Bertz CT molecular complexity index is 853. The summed E-state index contributed by atoms with van der Waals surface area (Å²) in [5.74, 6) is -0.655. The fourth-order valence-electron chi connectivity index (χ4n) is 2.58. The Hall–Kier alpha value is -2.34. The zero-order chi connectivity index (χ0) is 17.4. The Morgan fingerprint density at radius 2 is 1.83 bits per heavy atom. The third kappa shape index (κ3) is 3.01. The van der Waals surface area contributed by atoms with E-state index in [2.05, 4.69) is 0 Å². The van der Waals surface area contributed by atoms with Crippen molar-refractivity contribution in [2.24, 2.45) is 7.05 Å². The zero-order valence-electron chi connectivity index (χ0n) is 13.7. The van der Waals surface area contributed by atoms with Crippen molar-refractivity contribution in [2.45, 2.75) is 20.4 Å². The van der Waals surface area contributed by atoms with E-state index in [1.165, 1.54) is 17.0 Å². The van der Waals surface area contributed by atoms with Gasteiger partial charge in [-0.2, -0.15) is 0 Å². The van der Waals surface area contributed by atoms with Crippen molar-refractivity contribution in [2.75, 3.05) is 0 Å².